The molecule has 5 heteroatoms. The SMILES string of the molecule is CCCCCOC(=O)c1ccc(NC(=O)COc2cc(C)cc(C)c2)cc1. The van der Waals surface area contributed by atoms with Crippen molar-refractivity contribution in [2.75, 3.05) is 18.5 Å². The van der Waals surface area contributed by atoms with Crippen molar-refractivity contribution in [3.63, 3.8) is 0 Å². The second-order valence-electron chi connectivity index (χ2n) is 6.58. The molecule has 1 amide bonds. The summed E-state index contributed by atoms with van der Waals surface area (Å²) in [5.74, 6) is 0.0648. The number of carbonyl (C=O) groups excluding carboxylic acids is 2. The van der Waals surface area contributed by atoms with Crippen LogP contribution in [0.4, 0.5) is 5.69 Å². The highest BCUT2D eigenvalue weighted by Gasteiger charge is 2.08. The van der Waals surface area contributed by atoms with Gasteiger partial charge in [-0.05, 0) is 67.8 Å². The van der Waals surface area contributed by atoms with Crippen LogP contribution in [0.5, 0.6) is 5.75 Å². The fraction of sp³-hybridized carbons (Fsp3) is 0.364. The summed E-state index contributed by atoms with van der Waals surface area (Å²) in [6.07, 6.45) is 3.00. The minimum Gasteiger partial charge on any atom is -0.484 e. The maximum Gasteiger partial charge on any atom is 0.338 e. The normalized spacial score (nSPS) is 10.3. The largest absolute Gasteiger partial charge is 0.484 e. The molecule has 0 saturated heterocycles. The van der Waals surface area contributed by atoms with E-state index in [1.54, 1.807) is 24.3 Å². The van der Waals surface area contributed by atoms with Gasteiger partial charge in [-0.25, -0.2) is 4.79 Å². The smallest absolute Gasteiger partial charge is 0.338 e. The zero-order valence-electron chi connectivity index (χ0n) is 16.2. The number of unbranched alkanes of at least 4 members (excludes halogenated alkanes) is 2. The van der Waals surface area contributed by atoms with Gasteiger partial charge in [-0.1, -0.05) is 25.8 Å². The molecule has 0 aliphatic carbocycles. The standard InChI is InChI=1S/C22H27NO4/c1-4-5-6-11-26-22(25)18-7-9-19(10-8-18)23-21(24)15-27-20-13-16(2)12-17(3)14-20/h7-10,12-14H,4-6,11,15H2,1-3H3,(H,23,24). The summed E-state index contributed by atoms with van der Waals surface area (Å²) in [7, 11) is 0. The topological polar surface area (TPSA) is 64.6 Å². The zero-order valence-corrected chi connectivity index (χ0v) is 16.2. The monoisotopic (exact) mass is 369 g/mol. The van der Waals surface area contributed by atoms with E-state index < -0.39 is 0 Å². The van der Waals surface area contributed by atoms with Gasteiger partial charge in [-0.15, -0.1) is 0 Å². The first kappa shape index (κ1) is 20.5. The van der Waals surface area contributed by atoms with E-state index in [1.165, 1.54) is 0 Å². The predicted octanol–water partition coefficient (Wildman–Crippen LogP) is 4.67. The van der Waals surface area contributed by atoms with Crippen LogP contribution in [0, 0.1) is 13.8 Å². The third kappa shape index (κ3) is 7.13. The average Bonchev–Trinajstić information content (AvgIpc) is 2.63. The number of carbonyl (C=O) groups is 2. The maximum atomic E-state index is 12.0. The number of benzene rings is 2. The Bertz CT molecular complexity index is 748. The number of esters is 1. The second kappa shape index (κ2) is 10.4. The van der Waals surface area contributed by atoms with Crippen molar-refractivity contribution in [3.8, 4) is 5.75 Å². The highest BCUT2D eigenvalue weighted by molar-refractivity contribution is 5.93. The van der Waals surface area contributed by atoms with E-state index in [0.717, 1.165) is 30.4 Å². The van der Waals surface area contributed by atoms with Crippen LogP contribution in [0.25, 0.3) is 0 Å². The molecule has 0 atom stereocenters. The van der Waals surface area contributed by atoms with Gasteiger partial charge in [0.15, 0.2) is 6.61 Å². The quantitative estimate of drug-likeness (QED) is 0.515. The molecule has 0 aromatic heterocycles. The van der Waals surface area contributed by atoms with E-state index in [9.17, 15) is 9.59 Å². The molecule has 0 bridgehead atoms. The molecule has 0 aliphatic heterocycles. The van der Waals surface area contributed by atoms with Gasteiger partial charge in [-0.2, -0.15) is 0 Å². The molecule has 2 rings (SSSR count). The molecule has 0 spiro atoms. The van der Waals surface area contributed by atoms with Gasteiger partial charge >= 0.3 is 5.97 Å². The molecule has 0 radical (unpaired) electrons. The number of amides is 1. The predicted molar refractivity (Wildman–Crippen MR) is 106 cm³/mol. The Morgan fingerprint density at radius 3 is 2.26 bits per heavy atom. The van der Waals surface area contributed by atoms with E-state index in [1.807, 2.05) is 32.0 Å². The first-order valence-corrected chi connectivity index (χ1v) is 9.26. The number of ether oxygens (including phenoxy) is 2. The summed E-state index contributed by atoms with van der Waals surface area (Å²) >= 11 is 0. The molecule has 5 nitrogen and oxygen atoms in total. The molecule has 0 heterocycles. The molecule has 144 valence electrons. The highest BCUT2D eigenvalue weighted by Crippen LogP contribution is 2.16. The van der Waals surface area contributed by atoms with E-state index in [0.29, 0.717) is 23.6 Å². The summed E-state index contributed by atoms with van der Waals surface area (Å²) in [5.41, 5.74) is 3.24. The van der Waals surface area contributed by atoms with Crippen molar-refractivity contribution in [3.05, 3.63) is 59.2 Å². The summed E-state index contributed by atoms with van der Waals surface area (Å²) in [6, 6.07) is 12.5. The van der Waals surface area contributed by atoms with Crippen LogP contribution in [-0.2, 0) is 9.53 Å². The Balaban J connectivity index is 1.81. The van der Waals surface area contributed by atoms with Crippen LogP contribution in [-0.4, -0.2) is 25.1 Å². The lowest BCUT2D eigenvalue weighted by Gasteiger charge is -2.09. The molecule has 0 unspecified atom stereocenters. The van der Waals surface area contributed by atoms with Gasteiger partial charge in [0.05, 0.1) is 12.2 Å². The van der Waals surface area contributed by atoms with Crippen LogP contribution >= 0.6 is 0 Å². The second-order valence-corrected chi connectivity index (χ2v) is 6.58. The lowest BCUT2D eigenvalue weighted by Crippen LogP contribution is -2.20. The molecule has 2 aromatic rings. The van der Waals surface area contributed by atoms with Gasteiger partial charge in [0.25, 0.3) is 5.91 Å². The Morgan fingerprint density at radius 1 is 0.963 bits per heavy atom. The number of aryl methyl sites for hydroxylation is 2. The van der Waals surface area contributed by atoms with Gasteiger partial charge < -0.3 is 14.8 Å². The molecular formula is C22H27NO4. The number of anilines is 1. The number of hydrogen-bond acceptors (Lipinski definition) is 4. The van der Waals surface area contributed by atoms with E-state index >= 15 is 0 Å². The first-order valence-electron chi connectivity index (χ1n) is 9.26. The number of nitrogens with one attached hydrogen (secondary N) is 1. The average molecular weight is 369 g/mol. The fourth-order valence-corrected chi connectivity index (χ4v) is 2.65. The summed E-state index contributed by atoms with van der Waals surface area (Å²) in [4.78, 5) is 24.0. The van der Waals surface area contributed by atoms with Crippen LogP contribution in [0.1, 0.15) is 47.7 Å². The Hall–Kier alpha value is -2.82. The third-order valence-corrected chi connectivity index (χ3v) is 3.95. The van der Waals surface area contributed by atoms with E-state index in [4.69, 9.17) is 9.47 Å². The van der Waals surface area contributed by atoms with Gasteiger partial charge in [0.1, 0.15) is 5.75 Å². The molecular weight excluding hydrogens is 342 g/mol. The molecule has 1 N–H and O–H groups in total. The maximum absolute atomic E-state index is 12.0. The van der Waals surface area contributed by atoms with Gasteiger partial charge in [0, 0.05) is 5.69 Å². The van der Waals surface area contributed by atoms with Crippen molar-refractivity contribution >= 4 is 17.6 Å². The van der Waals surface area contributed by atoms with Gasteiger partial charge in [-0.3, -0.25) is 4.79 Å². The Kier molecular flexibility index (Phi) is 7.86. The number of hydrogen-bond donors (Lipinski definition) is 1. The van der Waals surface area contributed by atoms with Crippen LogP contribution in [0.3, 0.4) is 0 Å². The van der Waals surface area contributed by atoms with Crippen LogP contribution in [0.2, 0.25) is 0 Å². The molecule has 0 saturated carbocycles. The zero-order chi connectivity index (χ0) is 19.6. The van der Waals surface area contributed by atoms with Crippen molar-refractivity contribution in [1.29, 1.82) is 0 Å². The van der Waals surface area contributed by atoms with E-state index in [-0.39, 0.29) is 18.5 Å². The van der Waals surface area contributed by atoms with Crippen molar-refractivity contribution < 1.29 is 19.1 Å². The van der Waals surface area contributed by atoms with Crippen LogP contribution in [0.15, 0.2) is 42.5 Å². The molecule has 0 aliphatic rings. The van der Waals surface area contributed by atoms with Crippen molar-refractivity contribution in [2.45, 2.75) is 40.0 Å². The molecule has 2 aromatic carbocycles. The Morgan fingerprint density at radius 2 is 1.63 bits per heavy atom. The molecule has 0 fully saturated rings. The minimum absolute atomic E-state index is 0.0793. The highest BCUT2D eigenvalue weighted by atomic mass is 16.5. The summed E-state index contributed by atoms with van der Waals surface area (Å²) in [6.45, 7) is 6.42. The Labute approximate surface area is 160 Å². The van der Waals surface area contributed by atoms with Crippen molar-refractivity contribution in [2.24, 2.45) is 0 Å². The van der Waals surface area contributed by atoms with Crippen LogP contribution < -0.4 is 10.1 Å². The summed E-state index contributed by atoms with van der Waals surface area (Å²) < 4.78 is 10.8. The third-order valence-electron chi connectivity index (χ3n) is 3.95. The van der Waals surface area contributed by atoms with Gasteiger partial charge in [0.2, 0.25) is 0 Å². The number of rotatable bonds is 9. The summed E-state index contributed by atoms with van der Waals surface area (Å²) in [5, 5.41) is 2.75. The molecule has 27 heavy (non-hydrogen) atoms. The lowest BCUT2D eigenvalue weighted by atomic mass is 10.1. The first-order chi connectivity index (χ1) is 13.0. The lowest BCUT2D eigenvalue weighted by molar-refractivity contribution is -0.118. The van der Waals surface area contributed by atoms with Crippen molar-refractivity contribution in [1.82, 2.24) is 0 Å². The fourth-order valence-electron chi connectivity index (χ4n) is 2.65. The van der Waals surface area contributed by atoms with E-state index in [2.05, 4.69) is 12.2 Å². The minimum atomic E-state index is -0.345.